The molecule has 11 aromatic rings. The lowest BCUT2D eigenvalue weighted by Crippen LogP contribution is -2.10. The van der Waals surface area contributed by atoms with Crippen molar-refractivity contribution in [2.45, 2.75) is 10.3 Å². The standard InChI is InChI=1S/C54H33IN2O/c1-54(55)47-29-37(35-13-9-11-33(27-35)32-10-8-12-34(26-32)36-22-25-51-46(28-36)43-16-6-7-19-50(43)58-51)20-23-41(47)42-24-21-38(30-48(42)54)49-31-56-52-44-17-4-2-14-39(44)40-15-3-5-18-45(40)53(52)57-49/h2-31H,1H3. The number of benzene rings is 9. The first-order valence-electron chi connectivity index (χ1n) is 19.7. The highest BCUT2D eigenvalue weighted by Crippen LogP contribution is 2.54. The molecule has 0 bridgehead atoms. The van der Waals surface area contributed by atoms with Crippen LogP contribution in [-0.4, -0.2) is 9.97 Å². The number of para-hydroxylation sites is 1. The third kappa shape index (κ3) is 5.11. The topological polar surface area (TPSA) is 38.9 Å². The normalized spacial score (nSPS) is 14.8. The lowest BCUT2D eigenvalue weighted by molar-refractivity contribution is 0.669. The van der Waals surface area contributed by atoms with Crippen LogP contribution in [-0.2, 0) is 3.42 Å². The molecule has 1 aliphatic carbocycles. The van der Waals surface area contributed by atoms with Gasteiger partial charge in [0, 0.05) is 27.1 Å². The fraction of sp³-hybridized carbons (Fsp3) is 0.0370. The maximum absolute atomic E-state index is 6.10. The van der Waals surface area contributed by atoms with Crippen LogP contribution in [0.2, 0.25) is 0 Å². The van der Waals surface area contributed by atoms with Gasteiger partial charge in [0.05, 0.1) is 26.3 Å². The van der Waals surface area contributed by atoms with Crippen LogP contribution >= 0.6 is 22.6 Å². The third-order valence-corrected chi connectivity index (χ3v) is 13.3. The van der Waals surface area contributed by atoms with Crippen LogP contribution in [0.5, 0.6) is 0 Å². The molecule has 12 rings (SSSR count). The van der Waals surface area contributed by atoms with Crippen molar-refractivity contribution in [1.29, 1.82) is 0 Å². The van der Waals surface area contributed by atoms with Gasteiger partial charge in [0.25, 0.3) is 0 Å². The predicted octanol–water partition coefficient (Wildman–Crippen LogP) is 15.2. The van der Waals surface area contributed by atoms with E-state index in [0.717, 1.165) is 55.0 Å². The minimum Gasteiger partial charge on any atom is -0.456 e. The average Bonchev–Trinajstić information content (AvgIpc) is 3.77. The molecule has 0 radical (unpaired) electrons. The first kappa shape index (κ1) is 33.5. The number of rotatable bonds is 4. The number of hydrogen-bond donors (Lipinski definition) is 0. The zero-order chi connectivity index (χ0) is 38.5. The Morgan fingerprint density at radius 1 is 0.414 bits per heavy atom. The van der Waals surface area contributed by atoms with E-state index in [-0.39, 0.29) is 3.42 Å². The average molecular weight is 853 g/mol. The Balaban J connectivity index is 0.885. The summed E-state index contributed by atoms with van der Waals surface area (Å²) in [6, 6.07) is 63.4. The highest BCUT2D eigenvalue weighted by Gasteiger charge is 2.37. The molecular weight excluding hydrogens is 820 g/mol. The lowest BCUT2D eigenvalue weighted by atomic mass is 9.93. The Morgan fingerprint density at radius 2 is 0.897 bits per heavy atom. The van der Waals surface area contributed by atoms with Crippen LogP contribution in [0.4, 0.5) is 0 Å². The van der Waals surface area contributed by atoms with Crippen LogP contribution in [0.15, 0.2) is 187 Å². The smallest absolute Gasteiger partial charge is 0.135 e. The molecule has 1 aliphatic rings. The second-order valence-electron chi connectivity index (χ2n) is 15.5. The SMILES string of the molecule is CC1(I)c2cc(-c3cccc(-c4cccc(-c5ccc6oc7ccccc7c6c5)c4)c3)ccc2-c2ccc(-c3cnc4c5ccccc5c5ccccc5c4n3)cc21. The molecule has 0 amide bonds. The Labute approximate surface area is 348 Å². The molecular formula is C54H33IN2O. The molecule has 1 atom stereocenters. The van der Waals surface area contributed by atoms with Gasteiger partial charge in [-0.1, -0.05) is 156 Å². The second kappa shape index (κ2) is 12.7. The summed E-state index contributed by atoms with van der Waals surface area (Å²) in [7, 11) is 0. The summed E-state index contributed by atoms with van der Waals surface area (Å²) in [5, 5.41) is 6.95. The van der Waals surface area contributed by atoms with Crippen LogP contribution in [0.1, 0.15) is 18.1 Å². The van der Waals surface area contributed by atoms with E-state index >= 15 is 0 Å². The molecule has 3 nitrogen and oxygen atoms in total. The third-order valence-electron chi connectivity index (χ3n) is 12.2. The molecule has 9 aromatic carbocycles. The highest BCUT2D eigenvalue weighted by atomic mass is 127. The maximum Gasteiger partial charge on any atom is 0.135 e. The van der Waals surface area contributed by atoms with Crippen molar-refractivity contribution in [3.8, 4) is 55.8 Å². The molecule has 2 aromatic heterocycles. The summed E-state index contributed by atoms with van der Waals surface area (Å²) >= 11 is 2.65. The minimum absolute atomic E-state index is 0.227. The predicted molar refractivity (Wildman–Crippen MR) is 249 cm³/mol. The lowest BCUT2D eigenvalue weighted by Gasteiger charge is -2.20. The molecule has 0 spiro atoms. The number of fused-ring (bicyclic) bond motifs is 12. The number of hydrogen-bond acceptors (Lipinski definition) is 3. The fourth-order valence-corrected chi connectivity index (χ4v) is 10.1. The highest BCUT2D eigenvalue weighted by molar-refractivity contribution is 14.1. The Morgan fingerprint density at radius 3 is 1.55 bits per heavy atom. The second-order valence-corrected chi connectivity index (χ2v) is 17.7. The van der Waals surface area contributed by atoms with Crippen LogP contribution in [0, 0.1) is 0 Å². The van der Waals surface area contributed by atoms with Gasteiger partial charge in [0.15, 0.2) is 0 Å². The molecule has 1 unspecified atom stereocenters. The number of nitrogens with zero attached hydrogens (tertiary/aromatic N) is 2. The van der Waals surface area contributed by atoms with Crippen molar-refractivity contribution in [1.82, 2.24) is 9.97 Å². The van der Waals surface area contributed by atoms with Gasteiger partial charge in [-0.25, -0.2) is 4.98 Å². The Hall–Kier alpha value is -6.63. The van der Waals surface area contributed by atoms with Gasteiger partial charge in [0.2, 0.25) is 0 Å². The molecule has 0 saturated heterocycles. The molecule has 272 valence electrons. The van der Waals surface area contributed by atoms with E-state index in [1.165, 1.54) is 66.4 Å². The molecule has 58 heavy (non-hydrogen) atoms. The van der Waals surface area contributed by atoms with Crippen molar-refractivity contribution in [2.75, 3.05) is 0 Å². The Bertz CT molecular complexity index is 3470. The summed E-state index contributed by atoms with van der Waals surface area (Å²) in [5.74, 6) is 0. The molecule has 0 saturated carbocycles. The van der Waals surface area contributed by atoms with Gasteiger partial charge < -0.3 is 4.42 Å². The van der Waals surface area contributed by atoms with E-state index in [9.17, 15) is 0 Å². The van der Waals surface area contributed by atoms with Crippen LogP contribution < -0.4 is 0 Å². The largest absolute Gasteiger partial charge is 0.456 e. The fourth-order valence-electron chi connectivity index (χ4n) is 9.24. The van der Waals surface area contributed by atoms with E-state index in [0.29, 0.717) is 0 Å². The molecule has 0 fully saturated rings. The van der Waals surface area contributed by atoms with Gasteiger partial charge in [-0.2, -0.15) is 0 Å². The zero-order valence-electron chi connectivity index (χ0n) is 31.5. The van der Waals surface area contributed by atoms with Gasteiger partial charge in [-0.05, 0) is 116 Å². The van der Waals surface area contributed by atoms with Crippen molar-refractivity contribution >= 4 is 77.1 Å². The first-order chi connectivity index (χ1) is 28.5. The van der Waals surface area contributed by atoms with Crippen molar-refractivity contribution in [2.24, 2.45) is 0 Å². The van der Waals surface area contributed by atoms with Crippen molar-refractivity contribution in [3.05, 3.63) is 193 Å². The van der Waals surface area contributed by atoms with Crippen LogP contribution in [0.3, 0.4) is 0 Å². The zero-order valence-corrected chi connectivity index (χ0v) is 33.7. The quantitative estimate of drug-likeness (QED) is 0.101. The summed E-state index contributed by atoms with van der Waals surface area (Å²) in [5.41, 5.74) is 18.0. The van der Waals surface area contributed by atoms with Gasteiger partial charge in [0.1, 0.15) is 11.2 Å². The summed E-state index contributed by atoms with van der Waals surface area (Å²) < 4.78 is 5.88. The van der Waals surface area contributed by atoms with Crippen LogP contribution in [0.25, 0.3) is 110 Å². The monoisotopic (exact) mass is 852 g/mol. The number of halogens is 1. The Kier molecular flexibility index (Phi) is 7.33. The van der Waals surface area contributed by atoms with E-state index in [2.05, 4.69) is 193 Å². The molecule has 2 heterocycles. The van der Waals surface area contributed by atoms with Gasteiger partial charge >= 0.3 is 0 Å². The van der Waals surface area contributed by atoms with E-state index < -0.39 is 0 Å². The molecule has 0 N–H and O–H groups in total. The number of alkyl halides is 1. The van der Waals surface area contributed by atoms with Crippen molar-refractivity contribution < 1.29 is 4.42 Å². The number of aromatic nitrogens is 2. The summed E-state index contributed by atoms with van der Waals surface area (Å²) in [4.78, 5) is 10.4. The minimum atomic E-state index is -0.227. The van der Waals surface area contributed by atoms with Gasteiger partial charge in [-0.15, -0.1) is 0 Å². The van der Waals surface area contributed by atoms with Crippen molar-refractivity contribution in [3.63, 3.8) is 0 Å². The maximum atomic E-state index is 6.10. The van der Waals surface area contributed by atoms with Gasteiger partial charge in [-0.3, -0.25) is 4.98 Å². The summed E-state index contributed by atoms with van der Waals surface area (Å²) in [6.45, 7) is 2.34. The first-order valence-corrected chi connectivity index (χ1v) is 20.7. The molecule has 4 heteroatoms. The number of furan rings is 1. The summed E-state index contributed by atoms with van der Waals surface area (Å²) in [6.07, 6.45) is 1.94. The van der Waals surface area contributed by atoms with E-state index in [1.807, 2.05) is 18.3 Å². The van der Waals surface area contributed by atoms with E-state index in [1.54, 1.807) is 0 Å². The van der Waals surface area contributed by atoms with E-state index in [4.69, 9.17) is 14.4 Å². The molecule has 0 aliphatic heterocycles.